The number of carbonyl (C=O) groups is 2. The first-order valence-corrected chi connectivity index (χ1v) is 11.5. The Morgan fingerprint density at radius 1 is 0.933 bits per heavy atom. The van der Waals surface area contributed by atoms with Gasteiger partial charge in [0.15, 0.2) is 0 Å². The normalized spacial score (nSPS) is 24.7. The van der Waals surface area contributed by atoms with Crippen LogP contribution in [-0.2, 0) is 9.53 Å². The van der Waals surface area contributed by atoms with Crippen molar-refractivity contribution in [2.75, 3.05) is 26.2 Å². The van der Waals surface area contributed by atoms with E-state index in [0.717, 1.165) is 12.1 Å². The molecule has 0 aromatic heterocycles. The summed E-state index contributed by atoms with van der Waals surface area (Å²) in [6.45, 7) is 6.63. The highest BCUT2D eigenvalue weighted by atomic mass is 32.5. The van der Waals surface area contributed by atoms with Crippen molar-refractivity contribution in [2.24, 2.45) is 5.92 Å². The van der Waals surface area contributed by atoms with Crippen LogP contribution in [-0.4, -0.2) is 53.6 Å². The van der Waals surface area contributed by atoms with Gasteiger partial charge in [0.05, 0.1) is 0 Å². The molecule has 2 atom stereocenters. The third-order valence-corrected chi connectivity index (χ3v) is 6.27. The van der Waals surface area contributed by atoms with Crippen molar-refractivity contribution in [1.82, 2.24) is 9.80 Å². The summed E-state index contributed by atoms with van der Waals surface area (Å²) in [6.07, 6.45) is 0.0175. The van der Waals surface area contributed by atoms with Crippen molar-refractivity contribution in [3.63, 3.8) is 0 Å². The Hall–Kier alpha value is -2.04. The Morgan fingerprint density at radius 2 is 1.43 bits per heavy atom. The molecule has 1 aliphatic heterocycles. The maximum Gasteiger partial charge on any atom is 0.410 e. The first-order chi connectivity index (χ1) is 13.4. The van der Waals surface area contributed by atoms with Crippen LogP contribution in [0.25, 0.3) is 0 Å². The number of rotatable bonds is 3. The summed E-state index contributed by atoms with van der Waals surface area (Å²) in [6, 6.07) is 2.81. The van der Waals surface area contributed by atoms with Crippen LogP contribution in [0, 0.1) is 5.92 Å². The molecule has 3 rings (SSSR count). The van der Waals surface area contributed by atoms with E-state index in [-0.39, 0.29) is 17.7 Å². The van der Waals surface area contributed by atoms with Crippen LogP contribution in [0.2, 0.25) is 0 Å². The zero-order valence-electron chi connectivity index (χ0n) is 16.9. The smallest absolute Gasteiger partial charge is 0.410 e. The van der Waals surface area contributed by atoms with E-state index in [1.165, 1.54) is 4.90 Å². The summed E-state index contributed by atoms with van der Waals surface area (Å²) in [7, 11) is -9.69. The van der Waals surface area contributed by atoms with Gasteiger partial charge in [0.1, 0.15) is 10.5 Å². The predicted molar refractivity (Wildman–Crippen MR) is 103 cm³/mol. The van der Waals surface area contributed by atoms with Crippen LogP contribution < -0.4 is 0 Å². The quantitative estimate of drug-likeness (QED) is 0.563. The van der Waals surface area contributed by atoms with Crippen LogP contribution in [0.3, 0.4) is 0 Å². The van der Waals surface area contributed by atoms with E-state index < -0.39 is 26.8 Å². The van der Waals surface area contributed by atoms with E-state index in [9.17, 15) is 29.0 Å². The Morgan fingerprint density at radius 3 is 1.90 bits per heavy atom. The first-order valence-electron chi connectivity index (χ1n) is 9.55. The van der Waals surface area contributed by atoms with Gasteiger partial charge in [-0.1, -0.05) is 31.6 Å². The second-order valence-corrected chi connectivity index (χ2v) is 11.2. The van der Waals surface area contributed by atoms with Crippen molar-refractivity contribution < 1.29 is 33.8 Å². The molecule has 5 nitrogen and oxygen atoms in total. The van der Waals surface area contributed by atoms with E-state index in [1.807, 2.05) is 0 Å². The molecular formula is C19H25F5N2O3S. The van der Waals surface area contributed by atoms with Gasteiger partial charge in [0, 0.05) is 32.1 Å². The first kappa shape index (κ1) is 22.6. The van der Waals surface area contributed by atoms with Gasteiger partial charge in [-0.05, 0) is 50.8 Å². The molecule has 1 heterocycles. The zero-order chi connectivity index (χ0) is 22.6. The predicted octanol–water partition coefficient (Wildman–Crippen LogP) is 5.53. The molecule has 1 unspecified atom stereocenters. The summed E-state index contributed by atoms with van der Waals surface area (Å²) < 4.78 is 69.4. The molecule has 2 aliphatic rings. The monoisotopic (exact) mass is 456 g/mol. The highest BCUT2D eigenvalue weighted by Crippen LogP contribution is 3.02. The maximum atomic E-state index is 12.8. The summed E-state index contributed by atoms with van der Waals surface area (Å²) >= 11 is 0. The highest BCUT2D eigenvalue weighted by molar-refractivity contribution is 8.45. The molecular weight excluding hydrogens is 431 g/mol. The number of hydrogen-bond acceptors (Lipinski definition) is 3. The molecule has 1 saturated carbocycles. The molecule has 1 aliphatic carbocycles. The van der Waals surface area contributed by atoms with Crippen LogP contribution in [0.4, 0.5) is 24.2 Å². The van der Waals surface area contributed by atoms with E-state index in [0.29, 0.717) is 50.3 Å². The van der Waals surface area contributed by atoms with Crippen molar-refractivity contribution in [3.05, 3.63) is 29.8 Å². The summed E-state index contributed by atoms with van der Waals surface area (Å²) in [5.41, 5.74) is -0.176. The van der Waals surface area contributed by atoms with E-state index in [2.05, 4.69) is 0 Å². The summed E-state index contributed by atoms with van der Waals surface area (Å²) in [5, 5.41) is 0. The third kappa shape index (κ3) is 5.35. The SMILES string of the molecule is CC(C)(C)OC(=O)N1CCN(C(=O)C2C[C@H]2c2ccc(S(F)(F)(F)(F)F)cc2)CC1. The molecule has 2 amide bonds. The average Bonchev–Trinajstić information content (AvgIpc) is 3.39. The second kappa shape index (κ2) is 6.48. The van der Waals surface area contributed by atoms with Crippen molar-refractivity contribution in [2.45, 2.75) is 43.6 Å². The lowest BCUT2D eigenvalue weighted by molar-refractivity contribution is -0.134. The molecule has 30 heavy (non-hydrogen) atoms. The van der Waals surface area contributed by atoms with Gasteiger partial charge >= 0.3 is 16.3 Å². The lowest BCUT2D eigenvalue weighted by Gasteiger charge is -2.40. The fourth-order valence-electron chi connectivity index (χ4n) is 3.48. The molecule has 0 bridgehead atoms. The lowest BCUT2D eigenvalue weighted by Crippen LogP contribution is -2.52. The average molecular weight is 456 g/mol. The Labute approximate surface area is 171 Å². The number of amides is 2. The van der Waals surface area contributed by atoms with Crippen molar-refractivity contribution >= 4 is 22.2 Å². The lowest BCUT2D eigenvalue weighted by atomic mass is 10.1. The van der Waals surface area contributed by atoms with Gasteiger partial charge in [0.25, 0.3) is 0 Å². The standard InChI is InChI=1S/C19H25F5N2O3S/c1-19(2,3)29-18(28)26-10-8-25(9-11-26)17(27)16-12-15(16)13-4-6-14(7-5-13)30(20,21,22,23)24/h4-7,15-16H,8-12H2,1-3H3/t15-,16?/m0/s1. The van der Waals surface area contributed by atoms with Crippen molar-refractivity contribution in [1.29, 1.82) is 0 Å². The van der Waals surface area contributed by atoms with Crippen LogP contribution in [0.1, 0.15) is 38.7 Å². The fourth-order valence-corrected chi connectivity index (χ4v) is 4.13. The Balaban J connectivity index is 1.55. The minimum absolute atomic E-state index is 0.138. The minimum Gasteiger partial charge on any atom is -0.444 e. The van der Waals surface area contributed by atoms with Gasteiger partial charge in [-0.3, -0.25) is 4.79 Å². The van der Waals surface area contributed by atoms with Crippen molar-refractivity contribution in [3.8, 4) is 0 Å². The third-order valence-electron chi connectivity index (χ3n) is 5.10. The van der Waals surface area contributed by atoms with Crippen LogP contribution in [0.15, 0.2) is 29.2 Å². The molecule has 0 N–H and O–H groups in total. The van der Waals surface area contributed by atoms with Gasteiger partial charge in [-0.2, -0.15) is 0 Å². The molecule has 1 saturated heterocycles. The molecule has 11 heteroatoms. The maximum absolute atomic E-state index is 12.8. The largest absolute Gasteiger partial charge is 0.444 e. The topological polar surface area (TPSA) is 49.9 Å². The molecule has 0 radical (unpaired) electrons. The molecule has 1 aromatic rings. The molecule has 2 fully saturated rings. The Kier molecular flexibility index (Phi) is 4.89. The highest BCUT2D eigenvalue weighted by Gasteiger charge is 2.65. The minimum atomic E-state index is -9.69. The summed E-state index contributed by atoms with van der Waals surface area (Å²) in [5.74, 6) is -0.807. The van der Waals surface area contributed by atoms with Crippen LogP contribution >= 0.6 is 10.2 Å². The van der Waals surface area contributed by atoms with E-state index in [1.54, 1.807) is 25.7 Å². The van der Waals surface area contributed by atoms with Gasteiger partial charge in [-0.15, -0.1) is 0 Å². The molecule has 0 spiro atoms. The van der Waals surface area contributed by atoms with Gasteiger partial charge in [0.2, 0.25) is 5.91 Å². The fraction of sp³-hybridized carbons (Fsp3) is 0.579. The molecule has 1 aromatic carbocycles. The number of carbonyl (C=O) groups excluding carboxylic acids is 2. The zero-order valence-corrected chi connectivity index (χ0v) is 17.7. The summed E-state index contributed by atoms with van der Waals surface area (Å²) in [4.78, 5) is 26.0. The second-order valence-electron chi connectivity index (χ2n) is 8.78. The molecule has 170 valence electrons. The number of ether oxygens (including phenoxy) is 1. The van der Waals surface area contributed by atoms with Crippen LogP contribution in [0.5, 0.6) is 0 Å². The number of halogens is 5. The number of nitrogens with zero attached hydrogens (tertiary/aromatic N) is 2. The van der Waals surface area contributed by atoms with E-state index >= 15 is 0 Å². The van der Waals surface area contributed by atoms with Gasteiger partial charge < -0.3 is 14.5 Å². The van der Waals surface area contributed by atoms with Gasteiger partial charge in [-0.25, -0.2) is 4.79 Å². The Bertz CT molecular complexity index is 844. The number of piperazine rings is 1. The number of hydrogen-bond donors (Lipinski definition) is 0. The number of benzene rings is 1. The van der Waals surface area contributed by atoms with E-state index in [4.69, 9.17) is 4.74 Å².